The molecule has 0 aliphatic rings. The number of hydrogen-bond acceptors (Lipinski definition) is 7. The lowest BCUT2D eigenvalue weighted by Gasteiger charge is -2.13. The number of para-hydroxylation sites is 2. The Kier molecular flexibility index (Phi) is 16.4. The molecule has 0 saturated carbocycles. The molecule has 0 saturated heterocycles. The number of aliphatic hydroxyl groups excluding tert-OH is 1. The molecule has 1 aromatic carbocycles. The predicted molar refractivity (Wildman–Crippen MR) is 109 cm³/mol. The second kappa shape index (κ2) is 18.4. The number of benzene rings is 1. The van der Waals surface area contributed by atoms with Gasteiger partial charge in [-0.3, -0.25) is 0 Å². The molecule has 0 aliphatic carbocycles. The minimum atomic E-state index is 0.0150. The summed E-state index contributed by atoms with van der Waals surface area (Å²) in [5.41, 5.74) is 0. The fraction of sp³-hybridized carbons (Fsp3) is 0.700. The third-order valence-corrected chi connectivity index (χ3v) is 3.94. The molecule has 0 aliphatic heterocycles. The van der Waals surface area contributed by atoms with Gasteiger partial charge in [0.15, 0.2) is 11.5 Å². The Morgan fingerprint density at radius 1 is 0.630 bits per heavy atom. The summed E-state index contributed by atoms with van der Waals surface area (Å²) in [5.74, 6) is 2.32. The van der Waals surface area contributed by atoms with Crippen LogP contribution in [0, 0.1) is 0 Å². The van der Waals surface area contributed by atoms with Crippen molar-refractivity contribution in [3.63, 3.8) is 0 Å². The first-order valence-corrected chi connectivity index (χ1v) is 10.3. The maximum atomic E-state index is 8.66. The average Bonchev–Trinajstić information content (AvgIpc) is 2.69. The molecule has 0 heterocycles. The number of unbranched alkanes of at least 4 members (excludes halogenated alkanes) is 3. The van der Waals surface area contributed by atoms with Gasteiger partial charge in [0.1, 0.15) is 13.2 Å². The molecule has 7 heteroatoms. The van der Waals surface area contributed by atoms with Crippen LogP contribution in [0.2, 0.25) is 0 Å². The van der Waals surface area contributed by atoms with Crippen LogP contribution in [0.25, 0.3) is 0 Å². The van der Waals surface area contributed by atoms with Gasteiger partial charge in [-0.2, -0.15) is 12.6 Å². The Morgan fingerprint density at radius 3 is 1.74 bits per heavy atom. The molecular formula is C20H34O6S. The SMILES string of the molecule is OCCOCCOc1ccccc1OCCOCCOCCCCCCS. The smallest absolute Gasteiger partial charge is 0.161 e. The van der Waals surface area contributed by atoms with E-state index in [9.17, 15) is 0 Å². The van der Waals surface area contributed by atoms with Crippen molar-refractivity contribution in [3.8, 4) is 11.5 Å². The molecule has 1 N–H and O–H groups in total. The third kappa shape index (κ3) is 13.8. The second-order valence-electron chi connectivity index (χ2n) is 5.84. The van der Waals surface area contributed by atoms with E-state index in [4.69, 9.17) is 28.8 Å². The van der Waals surface area contributed by atoms with Crippen molar-refractivity contribution in [2.45, 2.75) is 25.7 Å². The molecule has 156 valence electrons. The minimum absolute atomic E-state index is 0.0150. The number of hydrogen-bond donors (Lipinski definition) is 2. The Morgan fingerprint density at radius 2 is 1.15 bits per heavy atom. The molecule has 1 aromatic rings. The molecule has 0 unspecified atom stereocenters. The van der Waals surface area contributed by atoms with Gasteiger partial charge in [-0.15, -0.1) is 0 Å². The molecule has 0 atom stereocenters. The highest BCUT2D eigenvalue weighted by molar-refractivity contribution is 7.80. The first-order valence-electron chi connectivity index (χ1n) is 9.68. The van der Waals surface area contributed by atoms with Crippen molar-refractivity contribution in [1.82, 2.24) is 0 Å². The number of ether oxygens (including phenoxy) is 5. The Labute approximate surface area is 168 Å². The predicted octanol–water partition coefficient (Wildman–Crippen LogP) is 2.98. The quantitative estimate of drug-likeness (QED) is 0.274. The van der Waals surface area contributed by atoms with Crippen LogP contribution in [0.15, 0.2) is 24.3 Å². The highest BCUT2D eigenvalue weighted by Gasteiger charge is 2.04. The van der Waals surface area contributed by atoms with Gasteiger partial charge < -0.3 is 28.8 Å². The summed E-state index contributed by atoms with van der Waals surface area (Å²) in [5, 5.41) is 8.66. The molecule has 27 heavy (non-hydrogen) atoms. The van der Waals surface area contributed by atoms with Crippen LogP contribution in [0.3, 0.4) is 0 Å². The molecule has 0 spiro atoms. The van der Waals surface area contributed by atoms with Crippen molar-refractivity contribution in [2.75, 3.05) is 65.2 Å². The number of thiol groups is 1. The van der Waals surface area contributed by atoms with E-state index in [2.05, 4.69) is 12.6 Å². The summed E-state index contributed by atoms with van der Waals surface area (Å²) in [6.07, 6.45) is 4.70. The van der Waals surface area contributed by atoms with E-state index in [1.165, 1.54) is 19.3 Å². The van der Waals surface area contributed by atoms with Crippen molar-refractivity contribution in [3.05, 3.63) is 24.3 Å². The molecule has 6 nitrogen and oxygen atoms in total. The van der Waals surface area contributed by atoms with E-state index < -0.39 is 0 Å². The molecular weight excluding hydrogens is 368 g/mol. The van der Waals surface area contributed by atoms with E-state index in [0.29, 0.717) is 57.7 Å². The van der Waals surface area contributed by atoms with E-state index in [1.807, 2.05) is 24.3 Å². The standard InChI is InChI=1S/C20H34O6S/c21-9-11-23-14-16-25-19-7-3-4-8-20(19)26-17-15-24-13-12-22-10-5-1-2-6-18-27/h3-4,7-8,21,27H,1-2,5-6,9-18H2. The van der Waals surface area contributed by atoms with Crippen molar-refractivity contribution in [1.29, 1.82) is 0 Å². The summed E-state index contributed by atoms with van der Waals surface area (Å²) >= 11 is 4.20. The van der Waals surface area contributed by atoms with Crippen LogP contribution < -0.4 is 9.47 Å². The average molecular weight is 403 g/mol. The topological polar surface area (TPSA) is 66.4 Å². The van der Waals surface area contributed by atoms with Crippen molar-refractivity contribution in [2.24, 2.45) is 0 Å². The Hall–Kier alpha value is -0.990. The van der Waals surface area contributed by atoms with Gasteiger partial charge in [0.2, 0.25) is 0 Å². The first kappa shape index (κ1) is 24.0. The monoisotopic (exact) mass is 402 g/mol. The van der Waals surface area contributed by atoms with E-state index in [1.54, 1.807) is 0 Å². The number of rotatable bonds is 19. The Bertz CT molecular complexity index is 446. The summed E-state index contributed by atoms with van der Waals surface area (Å²) in [6.45, 7) is 4.08. The fourth-order valence-corrected chi connectivity index (χ4v) is 2.49. The largest absolute Gasteiger partial charge is 0.487 e. The zero-order chi connectivity index (χ0) is 19.4. The third-order valence-electron chi connectivity index (χ3n) is 3.62. The second-order valence-corrected chi connectivity index (χ2v) is 6.29. The van der Waals surface area contributed by atoms with Crippen molar-refractivity contribution < 1.29 is 28.8 Å². The van der Waals surface area contributed by atoms with Gasteiger partial charge in [0.25, 0.3) is 0 Å². The summed E-state index contributed by atoms with van der Waals surface area (Å²) in [7, 11) is 0. The summed E-state index contributed by atoms with van der Waals surface area (Å²) in [4.78, 5) is 0. The molecule has 0 bridgehead atoms. The lowest BCUT2D eigenvalue weighted by atomic mass is 10.2. The molecule has 0 fully saturated rings. The lowest BCUT2D eigenvalue weighted by Crippen LogP contribution is -2.12. The Balaban J connectivity index is 2.01. The summed E-state index contributed by atoms with van der Waals surface area (Å²) in [6, 6.07) is 7.51. The van der Waals surface area contributed by atoms with Gasteiger partial charge in [-0.25, -0.2) is 0 Å². The highest BCUT2D eigenvalue weighted by atomic mass is 32.1. The zero-order valence-corrected chi connectivity index (χ0v) is 17.0. The van der Waals surface area contributed by atoms with E-state index in [0.717, 1.165) is 18.8 Å². The number of aliphatic hydroxyl groups is 1. The van der Waals surface area contributed by atoms with Gasteiger partial charge >= 0.3 is 0 Å². The van der Waals surface area contributed by atoms with Gasteiger partial charge in [-0.1, -0.05) is 25.0 Å². The zero-order valence-electron chi connectivity index (χ0n) is 16.1. The maximum absolute atomic E-state index is 8.66. The van der Waals surface area contributed by atoms with Crippen LogP contribution >= 0.6 is 12.6 Å². The maximum Gasteiger partial charge on any atom is 0.161 e. The first-order chi connectivity index (χ1) is 13.4. The van der Waals surface area contributed by atoms with E-state index >= 15 is 0 Å². The van der Waals surface area contributed by atoms with Crippen LogP contribution in [0.5, 0.6) is 11.5 Å². The molecule has 0 aromatic heterocycles. The van der Waals surface area contributed by atoms with Crippen LogP contribution in [-0.2, 0) is 14.2 Å². The molecule has 0 amide bonds. The minimum Gasteiger partial charge on any atom is -0.487 e. The van der Waals surface area contributed by atoms with Crippen LogP contribution in [-0.4, -0.2) is 70.3 Å². The van der Waals surface area contributed by atoms with E-state index in [-0.39, 0.29) is 6.61 Å². The van der Waals surface area contributed by atoms with Gasteiger partial charge in [0.05, 0.1) is 39.6 Å². The van der Waals surface area contributed by atoms with Crippen molar-refractivity contribution >= 4 is 12.6 Å². The molecule has 0 radical (unpaired) electrons. The highest BCUT2D eigenvalue weighted by Crippen LogP contribution is 2.26. The fourth-order valence-electron chi connectivity index (χ4n) is 2.27. The normalized spacial score (nSPS) is 10.9. The lowest BCUT2D eigenvalue weighted by molar-refractivity contribution is 0.0345. The van der Waals surface area contributed by atoms with Crippen LogP contribution in [0.1, 0.15) is 25.7 Å². The molecule has 1 rings (SSSR count). The summed E-state index contributed by atoms with van der Waals surface area (Å²) < 4.78 is 27.6. The van der Waals surface area contributed by atoms with Crippen LogP contribution in [0.4, 0.5) is 0 Å². The van der Waals surface area contributed by atoms with Gasteiger partial charge in [-0.05, 0) is 30.7 Å². The van der Waals surface area contributed by atoms with Gasteiger partial charge in [0, 0.05) is 6.61 Å².